The average Bonchev–Trinajstić information content (AvgIpc) is 2.04. The van der Waals surface area contributed by atoms with Crippen molar-refractivity contribution in [1.29, 1.82) is 0 Å². The molecule has 0 fully saturated rings. The molecule has 0 amide bonds. The van der Waals surface area contributed by atoms with Crippen molar-refractivity contribution in [3.8, 4) is 0 Å². The second-order valence-electron chi connectivity index (χ2n) is 2.02. The lowest BCUT2D eigenvalue weighted by atomic mass is 10.7. The average molecular weight is 151 g/mol. The molecule has 4 heteroatoms. The van der Waals surface area contributed by atoms with Gasteiger partial charge in [-0.15, -0.1) is 0 Å². The maximum absolute atomic E-state index is 10.7. The highest BCUT2D eigenvalue weighted by molar-refractivity contribution is 4.82. The van der Waals surface area contributed by atoms with Crippen LogP contribution in [0.15, 0.2) is 29.5 Å². The third-order valence-electron chi connectivity index (χ3n) is 1.10. The van der Waals surface area contributed by atoms with Crippen LogP contribution in [0, 0.1) is 6.92 Å². The molecule has 0 spiro atoms. The van der Waals surface area contributed by atoms with Gasteiger partial charge in [0.1, 0.15) is 5.82 Å². The van der Waals surface area contributed by atoms with Gasteiger partial charge in [-0.25, -0.2) is 4.98 Å². The van der Waals surface area contributed by atoms with E-state index in [1.807, 2.05) is 6.92 Å². The Labute approximate surface area is 63.6 Å². The van der Waals surface area contributed by atoms with Crippen molar-refractivity contribution in [1.82, 2.24) is 15.0 Å². The molecule has 1 aromatic heterocycles. The minimum atomic E-state index is -0.179. The molecule has 11 heavy (non-hydrogen) atoms. The van der Waals surface area contributed by atoms with Gasteiger partial charge in [-0.1, -0.05) is 0 Å². The lowest BCUT2D eigenvalue weighted by Crippen LogP contribution is -1.97. The topological polar surface area (TPSA) is 61.5 Å². The van der Waals surface area contributed by atoms with Crippen molar-refractivity contribution < 1.29 is 0 Å². The Hall–Kier alpha value is -1.58. The summed E-state index contributed by atoms with van der Waals surface area (Å²) in [5.41, 5.74) is -0.179. The molecule has 0 bridgehead atoms. The summed E-state index contributed by atoms with van der Waals surface area (Å²) in [5.74, 6) is 0.744. The third-order valence-corrected chi connectivity index (χ3v) is 1.10. The molecule has 1 rings (SSSR count). The zero-order chi connectivity index (χ0) is 8.10. The van der Waals surface area contributed by atoms with Gasteiger partial charge in [0.25, 0.3) is 0 Å². The van der Waals surface area contributed by atoms with E-state index in [4.69, 9.17) is 0 Å². The second-order valence-corrected chi connectivity index (χ2v) is 2.02. The Morgan fingerprint density at radius 1 is 1.36 bits per heavy atom. The smallest absolute Gasteiger partial charge is 0.249 e. The largest absolute Gasteiger partial charge is 0.349 e. The van der Waals surface area contributed by atoms with E-state index in [1.54, 1.807) is 6.20 Å². The molecule has 0 unspecified atom stereocenters. The van der Waals surface area contributed by atoms with Gasteiger partial charge >= 0.3 is 0 Å². The summed E-state index contributed by atoms with van der Waals surface area (Å²) in [5, 5.41) is 0. The predicted molar refractivity (Wildman–Crippen MR) is 41.6 cm³/mol. The molecule has 0 atom stereocenters. The molecule has 0 aliphatic carbocycles. The van der Waals surface area contributed by atoms with E-state index in [2.05, 4.69) is 15.0 Å². The van der Waals surface area contributed by atoms with E-state index >= 15 is 0 Å². The van der Waals surface area contributed by atoms with E-state index in [1.165, 1.54) is 18.5 Å². The first-order chi connectivity index (χ1) is 5.29. The van der Waals surface area contributed by atoms with E-state index in [9.17, 15) is 4.79 Å². The molecular weight excluding hydrogens is 142 g/mol. The number of H-pyrrole nitrogens is 2. The van der Waals surface area contributed by atoms with Crippen LogP contribution in [0.25, 0.3) is 0 Å². The van der Waals surface area contributed by atoms with Gasteiger partial charge in [-0.05, 0) is 6.92 Å². The van der Waals surface area contributed by atoms with Crippen molar-refractivity contribution in [3.63, 3.8) is 0 Å². The fraction of sp³-hybridized carbons (Fsp3) is 0.143. The van der Waals surface area contributed by atoms with Crippen molar-refractivity contribution >= 4 is 0 Å². The Balaban J connectivity index is 3.32. The normalized spacial score (nSPS) is 8.82. The van der Waals surface area contributed by atoms with Gasteiger partial charge < -0.3 is 9.97 Å². The van der Waals surface area contributed by atoms with Crippen LogP contribution in [-0.4, -0.2) is 15.0 Å². The van der Waals surface area contributed by atoms with Crippen LogP contribution < -0.4 is 5.56 Å². The summed E-state index contributed by atoms with van der Waals surface area (Å²) in [4.78, 5) is 20.0. The van der Waals surface area contributed by atoms with Crippen LogP contribution >= 0.6 is 0 Å². The van der Waals surface area contributed by atoms with Crippen molar-refractivity contribution in [2.45, 2.75) is 6.92 Å². The maximum Gasteiger partial charge on any atom is 0.249 e. The molecule has 0 aliphatic rings. The Bertz CT molecular complexity index is 325. The molecule has 2 N–H and O–H groups in total. The summed E-state index contributed by atoms with van der Waals surface area (Å²) in [6.45, 7) is 1.81. The van der Waals surface area contributed by atoms with Gasteiger partial charge in [-0.2, -0.15) is 0 Å². The van der Waals surface area contributed by atoms with E-state index in [0.717, 1.165) is 5.82 Å². The Morgan fingerprint density at radius 3 is 2.91 bits per heavy atom. The summed E-state index contributed by atoms with van der Waals surface area (Å²) in [6.07, 6.45) is 4.59. The molecule has 1 heterocycles. The number of aromatic nitrogens is 3. The van der Waals surface area contributed by atoms with Gasteiger partial charge in [0.05, 0.1) is 0 Å². The van der Waals surface area contributed by atoms with E-state index < -0.39 is 0 Å². The first-order valence-electron chi connectivity index (χ1n) is 3.22. The number of aryl methyl sites for hydroxylation is 1. The highest BCUT2D eigenvalue weighted by atomic mass is 16.1. The van der Waals surface area contributed by atoms with Gasteiger partial charge in [0.2, 0.25) is 5.56 Å². The van der Waals surface area contributed by atoms with Crippen LogP contribution in [0.4, 0.5) is 0 Å². The van der Waals surface area contributed by atoms with Gasteiger partial charge in [-0.3, -0.25) is 4.79 Å². The Kier molecular flexibility index (Phi) is 2.43. The number of aromatic amines is 2. The fourth-order valence-corrected chi connectivity index (χ4v) is 0.588. The maximum atomic E-state index is 10.7. The second kappa shape index (κ2) is 3.55. The summed E-state index contributed by atoms with van der Waals surface area (Å²) in [7, 11) is 0. The van der Waals surface area contributed by atoms with Crippen molar-refractivity contribution in [3.05, 3.63) is 40.8 Å². The SMILES string of the molecule is Cc1nccc(=O)[nH]cc[nH]1. The van der Waals surface area contributed by atoms with Gasteiger partial charge in [0, 0.05) is 24.7 Å². The molecular formula is C7H9N3O. The molecule has 0 aliphatic heterocycles. The molecule has 4 nitrogen and oxygen atoms in total. The van der Waals surface area contributed by atoms with Crippen molar-refractivity contribution in [2.24, 2.45) is 0 Å². The zero-order valence-corrected chi connectivity index (χ0v) is 6.16. The number of rotatable bonds is 0. The Morgan fingerprint density at radius 2 is 2.09 bits per heavy atom. The fourth-order valence-electron chi connectivity index (χ4n) is 0.588. The molecule has 58 valence electrons. The number of nitrogens with zero attached hydrogens (tertiary/aromatic N) is 1. The zero-order valence-electron chi connectivity index (χ0n) is 6.16. The number of hydrogen-bond acceptors (Lipinski definition) is 2. The summed E-state index contributed by atoms with van der Waals surface area (Å²) < 4.78 is 0. The highest BCUT2D eigenvalue weighted by Gasteiger charge is 1.74. The first-order valence-corrected chi connectivity index (χ1v) is 3.22. The molecule has 0 saturated carbocycles. The van der Waals surface area contributed by atoms with Crippen molar-refractivity contribution in [2.75, 3.05) is 0 Å². The standard InChI is InChI=1S/C7H9N3O/c1-6-8-3-2-7(11)10-5-4-9-6/h2-5H,1H3,(H,8,9)(H,10,11). The molecule has 0 saturated heterocycles. The predicted octanol–water partition coefficient (Wildman–Crippen LogP) is 0.531. The first kappa shape index (κ1) is 7.53. The minimum Gasteiger partial charge on any atom is -0.349 e. The van der Waals surface area contributed by atoms with E-state index in [-0.39, 0.29) is 5.56 Å². The lowest BCUT2D eigenvalue weighted by Gasteiger charge is -1.79. The van der Waals surface area contributed by atoms with Crippen LogP contribution in [0.3, 0.4) is 0 Å². The van der Waals surface area contributed by atoms with E-state index in [0.29, 0.717) is 0 Å². The minimum absolute atomic E-state index is 0.179. The number of hydrogen-bond donors (Lipinski definition) is 2. The monoisotopic (exact) mass is 151 g/mol. The van der Waals surface area contributed by atoms with Crippen LogP contribution in [0.5, 0.6) is 0 Å². The number of nitrogens with one attached hydrogen (secondary N) is 2. The lowest BCUT2D eigenvalue weighted by molar-refractivity contribution is 1.08. The molecule has 0 radical (unpaired) electrons. The summed E-state index contributed by atoms with van der Waals surface area (Å²) >= 11 is 0. The molecule has 0 aromatic carbocycles. The highest BCUT2D eigenvalue weighted by Crippen LogP contribution is 1.74. The quantitative estimate of drug-likeness (QED) is 0.568. The third kappa shape index (κ3) is 2.66. The molecule has 1 aromatic rings. The van der Waals surface area contributed by atoms with Crippen LogP contribution in [0.2, 0.25) is 0 Å². The van der Waals surface area contributed by atoms with Crippen LogP contribution in [0.1, 0.15) is 5.82 Å². The van der Waals surface area contributed by atoms with Gasteiger partial charge in [0.15, 0.2) is 0 Å². The van der Waals surface area contributed by atoms with Crippen LogP contribution in [-0.2, 0) is 0 Å². The summed E-state index contributed by atoms with van der Waals surface area (Å²) in [6, 6.07) is 1.36.